The molecular weight excluding hydrogens is 392 g/mol. The van der Waals surface area contributed by atoms with Crippen molar-refractivity contribution in [1.29, 1.82) is 0 Å². The molecular formula is C23H34N6O2. The Hall–Kier alpha value is -2.45. The molecule has 1 unspecified atom stereocenters. The van der Waals surface area contributed by atoms with Crippen LogP contribution in [0.3, 0.4) is 0 Å². The van der Waals surface area contributed by atoms with E-state index in [0.29, 0.717) is 31.0 Å². The number of piperidine rings is 1. The van der Waals surface area contributed by atoms with Gasteiger partial charge in [-0.25, -0.2) is 9.48 Å². The molecule has 0 aliphatic carbocycles. The SMILES string of the molecule is CN(C)CCn1nc2n(c1=O)CCC(NC(=O)c1ccc(C3CCNCC3)cc1)CC2. The second kappa shape index (κ2) is 9.78. The quantitative estimate of drug-likeness (QED) is 0.725. The van der Waals surface area contributed by atoms with Gasteiger partial charge in [-0.3, -0.25) is 9.36 Å². The van der Waals surface area contributed by atoms with Gasteiger partial charge in [-0.2, -0.15) is 5.10 Å². The van der Waals surface area contributed by atoms with Crippen LogP contribution in [0.25, 0.3) is 0 Å². The highest BCUT2D eigenvalue weighted by molar-refractivity contribution is 5.94. The Balaban J connectivity index is 1.33. The van der Waals surface area contributed by atoms with Crippen molar-refractivity contribution < 1.29 is 4.79 Å². The van der Waals surface area contributed by atoms with Crippen molar-refractivity contribution in [2.45, 2.75) is 57.2 Å². The summed E-state index contributed by atoms with van der Waals surface area (Å²) in [5, 5.41) is 11.1. The number of hydrogen-bond acceptors (Lipinski definition) is 5. The summed E-state index contributed by atoms with van der Waals surface area (Å²) in [6.45, 7) is 4.10. The van der Waals surface area contributed by atoms with E-state index < -0.39 is 0 Å². The van der Waals surface area contributed by atoms with E-state index in [1.165, 1.54) is 5.56 Å². The molecule has 2 aliphatic heterocycles. The normalized spacial score (nSPS) is 19.8. The molecule has 168 valence electrons. The number of fused-ring (bicyclic) bond motifs is 1. The summed E-state index contributed by atoms with van der Waals surface area (Å²) in [7, 11) is 3.97. The number of nitrogens with one attached hydrogen (secondary N) is 2. The summed E-state index contributed by atoms with van der Waals surface area (Å²) in [5.74, 6) is 1.38. The zero-order chi connectivity index (χ0) is 21.8. The molecule has 2 aromatic rings. The van der Waals surface area contributed by atoms with Crippen LogP contribution in [0.5, 0.6) is 0 Å². The van der Waals surface area contributed by atoms with E-state index in [9.17, 15) is 9.59 Å². The fourth-order valence-electron chi connectivity index (χ4n) is 4.54. The first-order valence-electron chi connectivity index (χ1n) is 11.4. The predicted molar refractivity (Wildman–Crippen MR) is 121 cm³/mol. The Morgan fingerprint density at radius 3 is 2.61 bits per heavy atom. The van der Waals surface area contributed by atoms with Crippen LogP contribution in [0.2, 0.25) is 0 Å². The summed E-state index contributed by atoms with van der Waals surface area (Å²) in [6, 6.07) is 8.14. The van der Waals surface area contributed by atoms with Crippen molar-refractivity contribution in [3.8, 4) is 0 Å². The molecule has 1 fully saturated rings. The first-order chi connectivity index (χ1) is 15.0. The molecule has 2 N–H and O–H groups in total. The lowest BCUT2D eigenvalue weighted by Gasteiger charge is -2.23. The summed E-state index contributed by atoms with van der Waals surface area (Å²) in [6.07, 6.45) is 4.54. The zero-order valence-corrected chi connectivity index (χ0v) is 18.6. The molecule has 0 spiro atoms. The molecule has 1 amide bonds. The second-order valence-electron chi connectivity index (χ2n) is 9.02. The highest BCUT2D eigenvalue weighted by Gasteiger charge is 2.23. The molecule has 0 radical (unpaired) electrons. The van der Waals surface area contributed by atoms with Gasteiger partial charge >= 0.3 is 5.69 Å². The van der Waals surface area contributed by atoms with Gasteiger partial charge in [0.05, 0.1) is 6.54 Å². The predicted octanol–water partition coefficient (Wildman–Crippen LogP) is 1.21. The van der Waals surface area contributed by atoms with Gasteiger partial charge in [0, 0.05) is 31.1 Å². The number of hydrogen-bond donors (Lipinski definition) is 2. The molecule has 2 aliphatic rings. The van der Waals surface area contributed by atoms with Crippen LogP contribution < -0.4 is 16.3 Å². The minimum absolute atomic E-state index is 0.0372. The molecule has 1 atom stereocenters. The van der Waals surface area contributed by atoms with E-state index in [1.54, 1.807) is 9.25 Å². The number of aryl methyl sites for hydroxylation is 1. The summed E-state index contributed by atoms with van der Waals surface area (Å²) in [4.78, 5) is 27.5. The van der Waals surface area contributed by atoms with Crippen LogP contribution in [-0.4, -0.2) is 64.9 Å². The molecule has 1 aromatic carbocycles. The Labute approximate surface area is 183 Å². The van der Waals surface area contributed by atoms with Crippen molar-refractivity contribution in [2.24, 2.45) is 0 Å². The van der Waals surface area contributed by atoms with E-state index in [1.807, 2.05) is 31.1 Å². The lowest BCUT2D eigenvalue weighted by atomic mass is 9.90. The van der Waals surface area contributed by atoms with Gasteiger partial charge in [0.2, 0.25) is 0 Å². The smallest absolute Gasteiger partial charge is 0.345 e. The number of amides is 1. The molecule has 8 heteroatoms. The highest BCUT2D eigenvalue weighted by atomic mass is 16.2. The molecule has 4 rings (SSSR count). The number of benzene rings is 1. The van der Waals surface area contributed by atoms with Crippen molar-refractivity contribution >= 4 is 5.91 Å². The molecule has 1 aromatic heterocycles. The second-order valence-corrected chi connectivity index (χ2v) is 9.02. The summed E-state index contributed by atoms with van der Waals surface area (Å²) in [5.41, 5.74) is 1.98. The highest BCUT2D eigenvalue weighted by Crippen LogP contribution is 2.25. The van der Waals surface area contributed by atoms with E-state index in [-0.39, 0.29) is 17.6 Å². The Morgan fingerprint density at radius 2 is 1.90 bits per heavy atom. The maximum atomic E-state index is 12.8. The Kier molecular flexibility index (Phi) is 6.87. The van der Waals surface area contributed by atoms with Crippen LogP contribution in [0, 0.1) is 0 Å². The first kappa shape index (κ1) is 21.8. The van der Waals surface area contributed by atoms with Gasteiger partial charge in [0.15, 0.2) is 0 Å². The van der Waals surface area contributed by atoms with Gasteiger partial charge in [0.1, 0.15) is 5.82 Å². The topological polar surface area (TPSA) is 84.2 Å². The lowest BCUT2D eigenvalue weighted by molar-refractivity contribution is 0.0933. The molecule has 0 bridgehead atoms. The fourth-order valence-corrected chi connectivity index (χ4v) is 4.54. The number of rotatable bonds is 6. The average molecular weight is 427 g/mol. The molecule has 31 heavy (non-hydrogen) atoms. The van der Waals surface area contributed by atoms with Gasteiger partial charge in [0.25, 0.3) is 5.91 Å². The van der Waals surface area contributed by atoms with Crippen molar-refractivity contribution in [3.63, 3.8) is 0 Å². The summed E-state index contributed by atoms with van der Waals surface area (Å²) >= 11 is 0. The van der Waals surface area contributed by atoms with Crippen LogP contribution in [-0.2, 0) is 19.5 Å². The van der Waals surface area contributed by atoms with E-state index >= 15 is 0 Å². The van der Waals surface area contributed by atoms with E-state index in [0.717, 1.165) is 51.1 Å². The van der Waals surface area contributed by atoms with Crippen molar-refractivity contribution in [3.05, 3.63) is 51.7 Å². The van der Waals surface area contributed by atoms with E-state index in [2.05, 4.69) is 27.9 Å². The third kappa shape index (κ3) is 5.25. The van der Waals surface area contributed by atoms with Gasteiger partial charge in [-0.05, 0) is 76.5 Å². The van der Waals surface area contributed by atoms with Gasteiger partial charge in [-0.1, -0.05) is 12.1 Å². The van der Waals surface area contributed by atoms with Crippen molar-refractivity contribution in [2.75, 3.05) is 33.7 Å². The molecule has 1 saturated heterocycles. The number of likely N-dealkylation sites (N-methyl/N-ethyl adjacent to an activating group) is 1. The lowest BCUT2D eigenvalue weighted by Crippen LogP contribution is -2.36. The molecule has 0 saturated carbocycles. The molecule has 3 heterocycles. The third-order valence-corrected chi connectivity index (χ3v) is 6.49. The van der Waals surface area contributed by atoms with Crippen LogP contribution in [0.1, 0.15) is 53.3 Å². The fraction of sp³-hybridized carbons (Fsp3) is 0.609. The Morgan fingerprint density at radius 1 is 1.16 bits per heavy atom. The number of carbonyl (C=O) groups excluding carboxylic acids is 1. The number of carbonyl (C=O) groups is 1. The zero-order valence-electron chi connectivity index (χ0n) is 18.6. The van der Waals surface area contributed by atoms with Crippen LogP contribution >= 0.6 is 0 Å². The minimum atomic E-state index is -0.0441. The van der Waals surface area contributed by atoms with Crippen LogP contribution in [0.4, 0.5) is 0 Å². The van der Waals surface area contributed by atoms with E-state index in [4.69, 9.17) is 0 Å². The standard InChI is InChI=1S/C23H34N6O2/c1-27(2)15-16-29-23(31)28-14-11-20(7-8-21(28)26-29)25-22(30)19-5-3-17(4-6-19)18-9-12-24-13-10-18/h3-6,18,20,24H,7-16H2,1-2H3,(H,25,30). The number of aromatic nitrogens is 3. The Bertz CT molecular complexity index is 940. The van der Waals surface area contributed by atoms with Gasteiger partial charge in [-0.15, -0.1) is 0 Å². The first-order valence-corrected chi connectivity index (χ1v) is 11.4. The average Bonchev–Trinajstić information content (AvgIpc) is 2.95. The third-order valence-electron chi connectivity index (χ3n) is 6.49. The summed E-state index contributed by atoms with van der Waals surface area (Å²) < 4.78 is 3.34. The van der Waals surface area contributed by atoms with Gasteiger partial charge < -0.3 is 15.5 Å². The minimum Gasteiger partial charge on any atom is -0.349 e. The number of nitrogens with zero attached hydrogens (tertiary/aromatic N) is 4. The largest absolute Gasteiger partial charge is 0.349 e. The molecule has 8 nitrogen and oxygen atoms in total. The monoisotopic (exact) mass is 426 g/mol. The maximum absolute atomic E-state index is 12.8. The van der Waals surface area contributed by atoms with Crippen LogP contribution in [0.15, 0.2) is 29.1 Å². The van der Waals surface area contributed by atoms with Crippen molar-refractivity contribution in [1.82, 2.24) is 29.9 Å². The maximum Gasteiger partial charge on any atom is 0.345 e.